The average molecular weight is 268 g/mol. The highest BCUT2D eigenvalue weighted by Gasteiger charge is 2.10. The van der Waals surface area contributed by atoms with Crippen LogP contribution in [0.5, 0.6) is 5.88 Å². The lowest BCUT2D eigenvalue weighted by Gasteiger charge is -2.13. The molecule has 0 radical (unpaired) electrons. The molecule has 1 aromatic rings. The molecule has 108 valence electrons. The number of nitrogen functional groups attached to an aromatic ring is 1. The van der Waals surface area contributed by atoms with Gasteiger partial charge in [-0.1, -0.05) is 19.8 Å². The molecule has 0 aliphatic carbocycles. The minimum absolute atomic E-state index is 0.419. The van der Waals surface area contributed by atoms with Crippen LogP contribution in [0.4, 0.5) is 11.5 Å². The van der Waals surface area contributed by atoms with E-state index in [1.165, 1.54) is 12.8 Å². The molecular formula is C13H24N4O2. The van der Waals surface area contributed by atoms with Gasteiger partial charge >= 0.3 is 0 Å². The SMILES string of the molecule is CCCCCNc1nc(C)nc(OCCOC)c1N. The smallest absolute Gasteiger partial charge is 0.242 e. The van der Waals surface area contributed by atoms with Crippen molar-refractivity contribution in [1.29, 1.82) is 0 Å². The maximum atomic E-state index is 6.00. The minimum Gasteiger partial charge on any atom is -0.474 e. The first-order valence-electron chi connectivity index (χ1n) is 6.68. The molecular weight excluding hydrogens is 244 g/mol. The lowest BCUT2D eigenvalue weighted by atomic mass is 10.2. The highest BCUT2D eigenvalue weighted by atomic mass is 16.5. The van der Waals surface area contributed by atoms with Gasteiger partial charge < -0.3 is 20.5 Å². The molecule has 6 heteroatoms. The summed E-state index contributed by atoms with van der Waals surface area (Å²) in [5.41, 5.74) is 6.45. The molecule has 1 rings (SSSR count). The molecule has 0 saturated heterocycles. The topological polar surface area (TPSA) is 82.3 Å². The van der Waals surface area contributed by atoms with Crippen LogP contribution in [-0.2, 0) is 4.74 Å². The summed E-state index contributed by atoms with van der Waals surface area (Å²) in [5, 5.41) is 3.23. The number of anilines is 2. The summed E-state index contributed by atoms with van der Waals surface area (Å²) < 4.78 is 10.4. The van der Waals surface area contributed by atoms with E-state index >= 15 is 0 Å². The summed E-state index contributed by atoms with van der Waals surface area (Å²) in [7, 11) is 1.62. The number of methoxy groups -OCH3 is 1. The third-order valence-electron chi connectivity index (χ3n) is 2.62. The molecule has 0 amide bonds. The second-order valence-corrected chi connectivity index (χ2v) is 4.31. The van der Waals surface area contributed by atoms with Gasteiger partial charge in [-0.15, -0.1) is 0 Å². The Bertz CT molecular complexity index is 385. The molecule has 0 fully saturated rings. The van der Waals surface area contributed by atoms with Crippen molar-refractivity contribution in [1.82, 2.24) is 9.97 Å². The van der Waals surface area contributed by atoms with E-state index in [0.717, 1.165) is 13.0 Å². The second-order valence-electron chi connectivity index (χ2n) is 4.31. The number of rotatable bonds is 9. The number of hydrogen-bond donors (Lipinski definition) is 2. The molecule has 0 unspecified atom stereocenters. The summed E-state index contributed by atoms with van der Waals surface area (Å²) in [5.74, 6) is 1.71. The van der Waals surface area contributed by atoms with E-state index in [1.807, 2.05) is 6.92 Å². The zero-order valence-electron chi connectivity index (χ0n) is 12.0. The number of nitrogens with one attached hydrogen (secondary N) is 1. The summed E-state index contributed by atoms with van der Waals surface area (Å²) >= 11 is 0. The number of hydrogen-bond acceptors (Lipinski definition) is 6. The quantitative estimate of drug-likeness (QED) is 0.666. The van der Waals surface area contributed by atoms with Crippen molar-refractivity contribution in [3.63, 3.8) is 0 Å². The van der Waals surface area contributed by atoms with Crippen molar-refractivity contribution in [2.45, 2.75) is 33.1 Å². The molecule has 1 heterocycles. The Balaban J connectivity index is 2.64. The van der Waals surface area contributed by atoms with Crippen LogP contribution in [0.3, 0.4) is 0 Å². The van der Waals surface area contributed by atoms with E-state index in [0.29, 0.717) is 36.4 Å². The van der Waals surface area contributed by atoms with Gasteiger partial charge in [0.15, 0.2) is 5.82 Å². The van der Waals surface area contributed by atoms with Crippen LogP contribution in [-0.4, -0.2) is 36.8 Å². The first kappa shape index (κ1) is 15.5. The van der Waals surface area contributed by atoms with Crippen molar-refractivity contribution in [3.8, 4) is 5.88 Å². The maximum Gasteiger partial charge on any atom is 0.242 e. The van der Waals surface area contributed by atoms with E-state index < -0.39 is 0 Å². The zero-order chi connectivity index (χ0) is 14.1. The summed E-state index contributed by atoms with van der Waals surface area (Å²) in [6.45, 7) is 5.77. The molecule has 0 saturated carbocycles. The molecule has 3 N–H and O–H groups in total. The van der Waals surface area contributed by atoms with Gasteiger partial charge in [0.25, 0.3) is 0 Å². The van der Waals surface area contributed by atoms with Crippen LogP contribution < -0.4 is 15.8 Å². The fourth-order valence-corrected chi connectivity index (χ4v) is 1.60. The van der Waals surface area contributed by atoms with Crippen molar-refractivity contribution >= 4 is 11.5 Å². The lowest BCUT2D eigenvalue weighted by molar-refractivity contribution is 0.144. The van der Waals surface area contributed by atoms with Crippen LogP contribution in [0.15, 0.2) is 0 Å². The van der Waals surface area contributed by atoms with Gasteiger partial charge in [-0.2, -0.15) is 4.98 Å². The molecule has 0 spiro atoms. The van der Waals surface area contributed by atoms with E-state index in [9.17, 15) is 0 Å². The number of unbranched alkanes of at least 4 members (excludes halogenated alkanes) is 2. The minimum atomic E-state index is 0.419. The monoisotopic (exact) mass is 268 g/mol. The average Bonchev–Trinajstić information content (AvgIpc) is 2.39. The van der Waals surface area contributed by atoms with Gasteiger partial charge in [0.05, 0.1) is 6.61 Å². The molecule has 1 aromatic heterocycles. The highest BCUT2D eigenvalue weighted by Crippen LogP contribution is 2.25. The third kappa shape index (κ3) is 5.30. The molecule has 0 aromatic carbocycles. The third-order valence-corrected chi connectivity index (χ3v) is 2.62. The largest absolute Gasteiger partial charge is 0.474 e. The number of nitrogens with two attached hydrogens (primary N) is 1. The van der Waals surface area contributed by atoms with Crippen molar-refractivity contribution in [2.24, 2.45) is 0 Å². The van der Waals surface area contributed by atoms with Gasteiger partial charge in [0.1, 0.15) is 18.1 Å². The van der Waals surface area contributed by atoms with Gasteiger partial charge in [0, 0.05) is 13.7 Å². The van der Waals surface area contributed by atoms with E-state index in [4.69, 9.17) is 15.2 Å². The number of aromatic nitrogens is 2. The Kier molecular flexibility index (Phi) is 6.95. The Morgan fingerprint density at radius 1 is 1.21 bits per heavy atom. The molecule has 0 aliphatic rings. The van der Waals surface area contributed by atoms with Crippen molar-refractivity contribution in [3.05, 3.63) is 5.82 Å². The van der Waals surface area contributed by atoms with Gasteiger partial charge in [0.2, 0.25) is 5.88 Å². The van der Waals surface area contributed by atoms with E-state index in [1.54, 1.807) is 7.11 Å². The van der Waals surface area contributed by atoms with Crippen LogP contribution in [0.25, 0.3) is 0 Å². The predicted octanol–water partition coefficient (Wildman–Crippen LogP) is 1.99. The maximum absolute atomic E-state index is 6.00. The van der Waals surface area contributed by atoms with E-state index in [2.05, 4.69) is 22.2 Å². The first-order valence-corrected chi connectivity index (χ1v) is 6.68. The zero-order valence-corrected chi connectivity index (χ0v) is 12.0. The first-order chi connectivity index (χ1) is 9.19. The highest BCUT2D eigenvalue weighted by molar-refractivity contribution is 5.66. The van der Waals surface area contributed by atoms with Crippen LogP contribution in [0, 0.1) is 6.92 Å². The Morgan fingerprint density at radius 2 is 2.00 bits per heavy atom. The fraction of sp³-hybridized carbons (Fsp3) is 0.692. The Hall–Kier alpha value is -1.56. The van der Waals surface area contributed by atoms with Crippen molar-refractivity contribution < 1.29 is 9.47 Å². The number of ether oxygens (including phenoxy) is 2. The van der Waals surface area contributed by atoms with Crippen molar-refractivity contribution in [2.75, 3.05) is 37.9 Å². The molecule has 19 heavy (non-hydrogen) atoms. The van der Waals surface area contributed by atoms with E-state index in [-0.39, 0.29) is 0 Å². The van der Waals surface area contributed by atoms with Crippen LogP contribution >= 0.6 is 0 Å². The predicted molar refractivity (Wildman–Crippen MR) is 76.6 cm³/mol. The van der Waals surface area contributed by atoms with Gasteiger partial charge in [-0.05, 0) is 13.3 Å². The fourth-order valence-electron chi connectivity index (χ4n) is 1.60. The van der Waals surface area contributed by atoms with Gasteiger partial charge in [-0.3, -0.25) is 0 Å². The summed E-state index contributed by atoms with van der Waals surface area (Å²) in [4.78, 5) is 8.50. The Labute approximate surface area is 114 Å². The summed E-state index contributed by atoms with van der Waals surface area (Å²) in [6, 6.07) is 0. The van der Waals surface area contributed by atoms with Gasteiger partial charge in [-0.25, -0.2) is 4.98 Å². The number of aryl methyl sites for hydroxylation is 1. The number of nitrogens with zero attached hydrogens (tertiary/aromatic N) is 2. The molecule has 0 aliphatic heterocycles. The lowest BCUT2D eigenvalue weighted by Crippen LogP contribution is -2.12. The molecule has 6 nitrogen and oxygen atoms in total. The standard InChI is InChI=1S/C13H24N4O2/c1-4-5-6-7-15-12-11(14)13(17-10(2)16-12)19-9-8-18-3/h4-9,14H2,1-3H3,(H,15,16,17). The molecule has 0 bridgehead atoms. The normalized spacial score (nSPS) is 10.5. The molecule has 0 atom stereocenters. The van der Waals surface area contributed by atoms with Crippen LogP contribution in [0.2, 0.25) is 0 Å². The van der Waals surface area contributed by atoms with Crippen LogP contribution in [0.1, 0.15) is 32.0 Å². The summed E-state index contributed by atoms with van der Waals surface area (Å²) in [6.07, 6.45) is 3.47. The Morgan fingerprint density at radius 3 is 2.68 bits per heavy atom. The second kappa shape index (κ2) is 8.53.